The van der Waals surface area contributed by atoms with Gasteiger partial charge in [0.25, 0.3) is 0 Å². The molecule has 1 unspecified atom stereocenters. The van der Waals surface area contributed by atoms with E-state index >= 15 is 0 Å². The zero-order valence-corrected chi connectivity index (χ0v) is 21.5. The molecule has 12 heteroatoms. The number of anilines is 1. The molecule has 36 heavy (non-hydrogen) atoms. The van der Waals surface area contributed by atoms with Crippen molar-refractivity contribution in [3.63, 3.8) is 0 Å². The molecule has 0 spiro atoms. The van der Waals surface area contributed by atoms with Crippen LogP contribution in [0.25, 0.3) is 5.65 Å². The van der Waals surface area contributed by atoms with E-state index in [2.05, 4.69) is 31.3 Å². The molecule has 5 rings (SSSR count). The summed E-state index contributed by atoms with van der Waals surface area (Å²) in [6.07, 6.45) is 6.45. The first-order chi connectivity index (χ1) is 17.4. The lowest BCUT2D eigenvalue weighted by Gasteiger charge is -2.32. The molecule has 0 amide bonds. The van der Waals surface area contributed by atoms with Gasteiger partial charge in [-0.05, 0) is 52.5 Å². The number of nitrogens with one attached hydrogen (secondary N) is 1. The van der Waals surface area contributed by atoms with E-state index in [1.54, 1.807) is 23.1 Å². The molecule has 0 aliphatic carbocycles. The quantitative estimate of drug-likeness (QED) is 0.343. The van der Waals surface area contributed by atoms with E-state index in [9.17, 15) is 17.2 Å². The molecular formula is C24H23BrF2N6O2S. The molecule has 1 fully saturated rings. The molecular weight excluding hydrogens is 554 g/mol. The maximum absolute atomic E-state index is 13.9. The highest BCUT2D eigenvalue weighted by Gasteiger charge is 2.33. The third-order valence-corrected chi connectivity index (χ3v) is 8.75. The van der Waals surface area contributed by atoms with Gasteiger partial charge in [-0.25, -0.2) is 22.2 Å². The van der Waals surface area contributed by atoms with Crippen molar-refractivity contribution in [3.8, 4) is 0 Å². The number of hydrogen-bond acceptors (Lipinski definition) is 6. The van der Waals surface area contributed by atoms with Gasteiger partial charge in [-0.3, -0.25) is 4.98 Å². The van der Waals surface area contributed by atoms with Crippen LogP contribution in [-0.2, 0) is 23.2 Å². The van der Waals surface area contributed by atoms with Crippen LogP contribution >= 0.6 is 15.9 Å². The van der Waals surface area contributed by atoms with E-state index in [4.69, 9.17) is 4.98 Å². The van der Waals surface area contributed by atoms with Crippen LogP contribution in [0.15, 0.2) is 64.4 Å². The summed E-state index contributed by atoms with van der Waals surface area (Å²) in [5.74, 6) is -0.225. The van der Waals surface area contributed by atoms with E-state index < -0.39 is 22.5 Å². The Bertz CT molecular complexity index is 1500. The van der Waals surface area contributed by atoms with Gasteiger partial charge >= 0.3 is 0 Å². The topological polar surface area (TPSA) is 92.5 Å². The van der Waals surface area contributed by atoms with Gasteiger partial charge in [0.15, 0.2) is 5.65 Å². The minimum atomic E-state index is -4.09. The Morgan fingerprint density at radius 3 is 2.83 bits per heavy atom. The maximum atomic E-state index is 13.9. The first-order valence-electron chi connectivity index (χ1n) is 11.4. The largest absolute Gasteiger partial charge is 0.366 e. The number of aromatic nitrogens is 4. The summed E-state index contributed by atoms with van der Waals surface area (Å²) in [6, 6.07) is 8.83. The van der Waals surface area contributed by atoms with Gasteiger partial charge < -0.3 is 5.32 Å². The molecule has 0 bridgehead atoms. The molecule has 3 aromatic heterocycles. The fourth-order valence-corrected chi connectivity index (χ4v) is 6.49. The van der Waals surface area contributed by atoms with E-state index in [1.807, 2.05) is 18.2 Å². The molecule has 1 aromatic carbocycles. The monoisotopic (exact) mass is 576 g/mol. The van der Waals surface area contributed by atoms with Gasteiger partial charge in [-0.1, -0.05) is 12.1 Å². The second-order valence-electron chi connectivity index (χ2n) is 8.60. The number of rotatable bonds is 7. The van der Waals surface area contributed by atoms with Crippen LogP contribution < -0.4 is 5.32 Å². The second kappa shape index (κ2) is 10.2. The van der Waals surface area contributed by atoms with Crippen molar-refractivity contribution in [3.05, 3.63) is 82.1 Å². The molecule has 1 saturated heterocycles. The summed E-state index contributed by atoms with van der Waals surface area (Å²) in [5, 5.41) is 7.76. The normalized spacial score (nSPS) is 16.9. The van der Waals surface area contributed by atoms with Crippen LogP contribution in [0.2, 0.25) is 0 Å². The molecule has 1 N–H and O–H groups in total. The van der Waals surface area contributed by atoms with Crippen molar-refractivity contribution in [2.75, 3.05) is 18.4 Å². The number of nitrogens with zero attached hydrogens (tertiary/aromatic N) is 5. The Hall–Kier alpha value is -2.96. The fraction of sp³-hybridized carbons (Fsp3) is 0.292. The van der Waals surface area contributed by atoms with Crippen LogP contribution in [0.4, 0.5) is 14.6 Å². The predicted octanol–water partition coefficient (Wildman–Crippen LogP) is 4.68. The third-order valence-electron chi connectivity index (χ3n) is 6.24. The molecule has 1 aliphatic heterocycles. The molecule has 1 aliphatic rings. The Morgan fingerprint density at radius 2 is 2.06 bits per heavy atom. The zero-order valence-electron chi connectivity index (χ0n) is 19.1. The minimum absolute atomic E-state index is 0.0526. The number of fused-ring (bicyclic) bond motifs is 1. The molecule has 1 atom stereocenters. The Kier molecular flexibility index (Phi) is 7.00. The third kappa shape index (κ3) is 4.84. The Labute approximate surface area is 215 Å². The lowest BCUT2D eigenvalue weighted by Crippen LogP contribution is -2.39. The standard InChI is InChI=1S/C24H23BrF2N6O2S/c25-20-14-30-33-23(29-13-16-3-1-7-28-12-16)10-21(31-24(20)33)18-4-2-8-32(15-18)36(34,35)22-9-19(27)6-5-17(22)11-26/h1,3,5-7,9-10,12,14,18,29H,2,4,8,11,13,15H2. The molecule has 4 heterocycles. The Morgan fingerprint density at radius 1 is 1.19 bits per heavy atom. The van der Waals surface area contributed by atoms with Gasteiger partial charge in [0.1, 0.15) is 18.3 Å². The lowest BCUT2D eigenvalue weighted by molar-refractivity contribution is 0.312. The average Bonchev–Trinajstić information content (AvgIpc) is 3.28. The summed E-state index contributed by atoms with van der Waals surface area (Å²) in [7, 11) is -4.09. The van der Waals surface area contributed by atoms with Gasteiger partial charge in [0.05, 0.1) is 21.3 Å². The fourth-order valence-electron chi connectivity index (χ4n) is 4.41. The van der Waals surface area contributed by atoms with Crippen molar-refractivity contribution in [2.24, 2.45) is 0 Å². The molecule has 8 nitrogen and oxygen atoms in total. The van der Waals surface area contributed by atoms with Crippen LogP contribution in [0, 0.1) is 5.82 Å². The number of piperidine rings is 1. The molecule has 0 radical (unpaired) electrons. The van der Waals surface area contributed by atoms with Crippen LogP contribution in [0.5, 0.6) is 0 Å². The predicted molar refractivity (Wildman–Crippen MR) is 134 cm³/mol. The molecule has 4 aromatic rings. The number of pyridine rings is 1. The first kappa shape index (κ1) is 24.7. The van der Waals surface area contributed by atoms with Gasteiger partial charge in [-0.15, -0.1) is 0 Å². The number of hydrogen-bond donors (Lipinski definition) is 1. The van der Waals surface area contributed by atoms with Crippen molar-refractivity contribution >= 4 is 37.4 Å². The highest BCUT2D eigenvalue weighted by molar-refractivity contribution is 9.10. The lowest BCUT2D eigenvalue weighted by atomic mass is 9.96. The van der Waals surface area contributed by atoms with Crippen molar-refractivity contribution in [1.29, 1.82) is 0 Å². The van der Waals surface area contributed by atoms with Crippen molar-refractivity contribution < 1.29 is 17.2 Å². The minimum Gasteiger partial charge on any atom is -0.366 e. The van der Waals surface area contributed by atoms with E-state index in [0.29, 0.717) is 34.6 Å². The number of sulfonamides is 1. The van der Waals surface area contributed by atoms with Crippen LogP contribution in [-0.4, -0.2) is 45.4 Å². The van der Waals surface area contributed by atoms with Gasteiger partial charge in [0, 0.05) is 49.6 Å². The van der Waals surface area contributed by atoms with Crippen LogP contribution in [0.3, 0.4) is 0 Å². The smallest absolute Gasteiger partial charge is 0.243 e. The molecule has 0 saturated carbocycles. The maximum Gasteiger partial charge on any atom is 0.243 e. The summed E-state index contributed by atoms with van der Waals surface area (Å²) in [6.45, 7) is -0.0560. The van der Waals surface area contributed by atoms with E-state index in [1.165, 1.54) is 10.4 Å². The number of alkyl halides is 1. The van der Waals surface area contributed by atoms with Crippen molar-refractivity contribution in [1.82, 2.24) is 23.9 Å². The first-order valence-corrected chi connectivity index (χ1v) is 13.6. The SMILES string of the molecule is O=S(=O)(c1cc(F)ccc1CF)N1CCCC(c2cc(NCc3cccnc3)n3ncc(Br)c3n2)C1. The Balaban J connectivity index is 1.46. The highest BCUT2D eigenvalue weighted by atomic mass is 79.9. The molecule has 188 valence electrons. The zero-order chi connectivity index (χ0) is 25.3. The van der Waals surface area contributed by atoms with Gasteiger partial charge in [-0.2, -0.15) is 13.9 Å². The van der Waals surface area contributed by atoms with E-state index in [0.717, 1.165) is 24.1 Å². The number of benzene rings is 1. The highest BCUT2D eigenvalue weighted by Crippen LogP contribution is 2.33. The summed E-state index contributed by atoms with van der Waals surface area (Å²) >= 11 is 3.49. The van der Waals surface area contributed by atoms with Crippen molar-refractivity contribution in [2.45, 2.75) is 36.9 Å². The van der Waals surface area contributed by atoms with Gasteiger partial charge in [0.2, 0.25) is 10.0 Å². The summed E-state index contributed by atoms with van der Waals surface area (Å²) in [5.41, 5.74) is 2.25. The second-order valence-corrected chi connectivity index (χ2v) is 11.4. The average molecular weight is 577 g/mol. The van der Waals surface area contributed by atoms with Crippen LogP contribution in [0.1, 0.15) is 35.6 Å². The summed E-state index contributed by atoms with van der Waals surface area (Å²) in [4.78, 5) is 8.58. The summed E-state index contributed by atoms with van der Waals surface area (Å²) < 4.78 is 57.8. The number of halogens is 3. The van der Waals surface area contributed by atoms with E-state index in [-0.39, 0.29) is 29.5 Å².